The third-order valence-corrected chi connectivity index (χ3v) is 6.46. The lowest BCUT2D eigenvalue weighted by atomic mass is 10.2. The van der Waals surface area contributed by atoms with Crippen LogP contribution >= 0.6 is 0 Å². The lowest BCUT2D eigenvalue weighted by molar-refractivity contribution is -0.140. The second kappa shape index (κ2) is 6.18. The number of sulfonamides is 1. The fourth-order valence-corrected chi connectivity index (χ4v) is 4.42. The van der Waals surface area contributed by atoms with Gasteiger partial charge in [0, 0.05) is 18.7 Å². The SMILES string of the molecule is O=C(NC1(C(=O)O)CC1)c1cccc(S(=O)(=O)N2CCCCC2)c1. The van der Waals surface area contributed by atoms with Crippen molar-refractivity contribution in [2.24, 2.45) is 0 Å². The molecule has 0 unspecified atom stereocenters. The predicted molar refractivity (Wildman–Crippen MR) is 86.1 cm³/mol. The third-order valence-electron chi connectivity index (χ3n) is 4.56. The van der Waals surface area contributed by atoms with Crippen LogP contribution in [0.3, 0.4) is 0 Å². The molecular formula is C16H20N2O5S. The van der Waals surface area contributed by atoms with Crippen molar-refractivity contribution >= 4 is 21.9 Å². The first-order chi connectivity index (χ1) is 11.3. The number of piperidine rings is 1. The van der Waals surface area contributed by atoms with Crippen LogP contribution in [0, 0.1) is 0 Å². The maximum absolute atomic E-state index is 12.7. The second-order valence-electron chi connectivity index (χ2n) is 6.33. The molecule has 1 aliphatic carbocycles. The van der Waals surface area contributed by atoms with E-state index in [0.717, 1.165) is 19.3 Å². The van der Waals surface area contributed by atoms with E-state index < -0.39 is 27.4 Å². The molecule has 2 N–H and O–H groups in total. The number of carbonyl (C=O) groups excluding carboxylic acids is 1. The van der Waals surface area contributed by atoms with Crippen molar-refractivity contribution in [3.63, 3.8) is 0 Å². The van der Waals surface area contributed by atoms with Gasteiger partial charge in [0.15, 0.2) is 0 Å². The number of amides is 1. The summed E-state index contributed by atoms with van der Waals surface area (Å²) < 4.78 is 26.8. The van der Waals surface area contributed by atoms with Crippen LogP contribution in [0.5, 0.6) is 0 Å². The smallest absolute Gasteiger partial charge is 0.329 e. The van der Waals surface area contributed by atoms with Crippen LogP contribution in [0.4, 0.5) is 0 Å². The number of carboxylic acid groups (broad SMARTS) is 1. The van der Waals surface area contributed by atoms with E-state index >= 15 is 0 Å². The molecule has 0 aromatic heterocycles. The number of carbonyl (C=O) groups is 2. The molecule has 2 fully saturated rings. The molecule has 0 radical (unpaired) electrons. The maximum atomic E-state index is 12.7. The number of carboxylic acids is 1. The molecule has 0 bridgehead atoms. The number of hydrogen-bond acceptors (Lipinski definition) is 4. The zero-order chi connectivity index (χ0) is 17.4. The van der Waals surface area contributed by atoms with Gasteiger partial charge < -0.3 is 10.4 Å². The van der Waals surface area contributed by atoms with Crippen molar-refractivity contribution in [2.75, 3.05) is 13.1 Å². The van der Waals surface area contributed by atoms with E-state index in [1.807, 2.05) is 0 Å². The first-order valence-electron chi connectivity index (χ1n) is 8.01. The van der Waals surface area contributed by atoms with Crippen molar-refractivity contribution in [1.82, 2.24) is 9.62 Å². The Labute approximate surface area is 140 Å². The molecule has 7 nitrogen and oxygen atoms in total. The van der Waals surface area contributed by atoms with Crippen LogP contribution in [-0.4, -0.2) is 48.3 Å². The summed E-state index contributed by atoms with van der Waals surface area (Å²) in [4.78, 5) is 23.5. The molecule has 1 heterocycles. The average Bonchev–Trinajstić information content (AvgIpc) is 3.37. The van der Waals surface area contributed by atoms with Gasteiger partial charge in [0.2, 0.25) is 10.0 Å². The van der Waals surface area contributed by atoms with Crippen molar-refractivity contribution in [2.45, 2.75) is 42.5 Å². The Morgan fingerprint density at radius 3 is 2.38 bits per heavy atom. The molecule has 8 heteroatoms. The van der Waals surface area contributed by atoms with Crippen LogP contribution in [0.2, 0.25) is 0 Å². The van der Waals surface area contributed by atoms with E-state index in [2.05, 4.69) is 5.32 Å². The largest absolute Gasteiger partial charge is 0.480 e. The Balaban J connectivity index is 1.81. The molecule has 1 aliphatic heterocycles. The Morgan fingerprint density at radius 1 is 1.12 bits per heavy atom. The lowest BCUT2D eigenvalue weighted by Crippen LogP contribution is -2.43. The summed E-state index contributed by atoms with van der Waals surface area (Å²) in [6.45, 7) is 0.974. The highest BCUT2D eigenvalue weighted by Gasteiger charge is 2.51. The molecule has 24 heavy (non-hydrogen) atoms. The highest BCUT2D eigenvalue weighted by Crippen LogP contribution is 2.35. The van der Waals surface area contributed by atoms with Gasteiger partial charge in [-0.25, -0.2) is 13.2 Å². The maximum Gasteiger partial charge on any atom is 0.329 e. The van der Waals surface area contributed by atoms with Crippen LogP contribution in [0.1, 0.15) is 42.5 Å². The molecule has 2 aliphatic rings. The fourth-order valence-electron chi connectivity index (χ4n) is 2.86. The first kappa shape index (κ1) is 16.9. The number of rotatable bonds is 5. The van der Waals surface area contributed by atoms with E-state index in [-0.39, 0.29) is 10.5 Å². The van der Waals surface area contributed by atoms with Gasteiger partial charge in [0.1, 0.15) is 5.54 Å². The topological polar surface area (TPSA) is 104 Å². The van der Waals surface area contributed by atoms with Crippen molar-refractivity contribution in [1.29, 1.82) is 0 Å². The Kier molecular flexibility index (Phi) is 4.35. The van der Waals surface area contributed by atoms with Gasteiger partial charge in [0.05, 0.1) is 4.90 Å². The Morgan fingerprint density at radius 2 is 1.79 bits per heavy atom. The number of benzene rings is 1. The quantitative estimate of drug-likeness (QED) is 0.829. The summed E-state index contributed by atoms with van der Waals surface area (Å²) in [6, 6.07) is 5.77. The molecule has 0 atom stereocenters. The molecule has 1 saturated heterocycles. The van der Waals surface area contributed by atoms with Gasteiger partial charge in [-0.1, -0.05) is 12.5 Å². The molecule has 1 saturated carbocycles. The second-order valence-corrected chi connectivity index (χ2v) is 8.27. The van der Waals surface area contributed by atoms with Crippen molar-refractivity contribution in [3.8, 4) is 0 Å². The van der Waals surface area contributed by atoms with Crippen LogP contribution in [0.15, 0.2) is 29.2 Å². The zero-order valence-electron chi connectivity index (χ0n) is 13.2. The number of nitrogens with one attached hydrogen (secondary N) is 1. The van der Waals surface area contributed by atoms with E-state index in [1.54, 1.807) is 0 Å². The minimum absolute atomic E-state index is 0.0669. The first-order valence-corrected chi connectivity index (χ1v) is 9.45. The van der Waals surface area contributed by atoms with Gasteiger partial charge in [-0.15, -0.1) is 0 Å². The Hall–Kier alpha value is -1.93. The van der Waals surface area contributed by atoms with Crippen LogP contribution < -0.4 is 5.32 Å². The standard InChI is InChI=1S/C16H20N2O5S/c19-14(17-16(7-8-16)15(20)21)12-5-4-6-13(11-12)24(22,23)18-9-2-1-3-10-18/h4-6,11H,1-3,7-10H2,(H,17,19)(H,20,21). The molecule has 130 valence electrons. The summed E-state index contributed by atoms with van der Waals surface area (Å²) in [5.74, 6) is -1.63. The fraction of sp³-hybridized carbons (Fsp3) is 0.500. The minimum Gasteiger partial charge on any atom is -0.480 e. The van der Waals surface area contributed by atoms with E-state index in [9.17, 15) is 18.0 Å². The normalized spacial score (nSPS) is 20.3. The van der Waals surface area contributed by atoms with E-state index in [4.69, 9.17) is 5.11 Å². The van der Waals surface area contributed by atoms with Crippen LogP contribution in [0.25, 0.3) is 0 Å². The van der Waals surface area contributed by atoms with E-state index in [0.29, 0.717) is 25.9 Å². The molecule has 1 aromatic carbocycles. The molecule has 1 amide bonds. The summed E-state index contributed by atoms with van der Waals surface area (Å²) in [5.41, 5.74) is -1.04. The minimum atomic E-state index is -3.63. The molecule has 3 rings (SSSR count). The third kappa shape index (κ3) is 3.16. The number of nitrogens with zero attached hydrogens (tertiary/aromatic N) is 1. The van der Waals surface area contributed by atoms with Gasteiger partial charge in [-0.3, -0.25) is 4.79 Å². The Bertz CT molecular complexity index is 764. The molecule has 1 aromatic rings. The monoisotopic (exact) mass is 352 g/mol. The summed E-state index contributed by atoms with van der Waals surface area (Å²) >= 11 is 0. The van der Waals surface area contributed by atoms with Gasteiger partial charge >= 0.3 is 5.97 Å². The van der Waals surface area contributed by atoms with E-state index in [1.165, 1.54) is 28.6 Å². The zero-order valence-corrected chi connectivity index (χ0v) is 14.0. The highest BCUT2D eigenvalue weighted by atomic mass is 32.2. The lowest BCUT2D eigenvalue weighted by Gasteiger charge is -2.26. The summed E-state index contributed by atoms with van der Waals surface area (Å²) in [5, 5.41) is 11.6. The van der Waals surface area contributed by atoms with Gasteiger partial charge in [-0.2, -0.15) is 4.31 Å². The number of aliphatic carboxylic acids is 1. The van der Waals surface area contributed by atoms with Crippen molar-refractivity contribution < 1.29 is 23.1 Å². The molecule has 0 spiro atoms. The van der Waals surface area contributed by atoms with Crippen LogP contribution in [-0.2, 0) is 14.8 Å². The summed E-state index contributed by atoms with van der Waals surface area (Å²) in [6.07, 6.45) is 3.46. The average molecular weight is 352 g/mol. The number of hydrogen-bond donors (Lipinski definition) is 2. The summed E-state index contributed by atoms with van der Waals surface area (Å²) in [7, 11) is -3.63. The molecular weight excluding hydrogens is 332 g/mol. The van der Waals surface area contributed by atoms with Crippen molar-refractivity contribution in [3.05, 3.63) is 29.8 Å². The van der Waals surface area contributed by atoms with Gasteiger partial charge in [-0.05, 0) is 43.9 Å². The highest BCUT2D eigenvalue weighted by molar-refractivity contribution is 7.89. The van der Waals surface area contributed by atoms with Gasteiger partial charge in [0.25, 0.3) is 5.91 Å². The predicted octanol–water partition coefficient (Wildman–Crippen LogP) is 1.21.